The molecule has 5 heteroatoms. The van der Waals surface area contributed by atoms with E-state index in [2.05, 4.69) is 15.9 Å². The van der Waals surface area contributed by atoms with Crippen LogP contribution < -0.4 is 10.5 Å². The van der Waals surface area contributed by atoms with Crippen LogP contribution in [0, 0.1) is 0 Å². The minimum absolute atomic E-state index is 0.368. The smallest absolute Gasteiger partial charge is 0.240 e. The molecule has 1 aromatic carbocycles. The average Bonchev–Trinajstić information content (AvgIpc) is 2.16. The van der Waals surface area contributed by atoms with Crippen molar-refractivity contribution in [3.8, 4) is 5.75 Å². The van der Waals surface area contributed by atoms with Gasteiger partial charge in [0, 0.05) is 22.5 Å². The standard InChI is InChI=1S/C10H12BrF2NO/c1-15-9-3-2-6(11)4-7(9)8(14)5-10(12)13/h2-4,8,10H,5,14H2,1H3/t8-/m0/s1. The molecular formula is C10H12BrF2NO. The van der Waals surface area contributed by atoms with Crippen molar-refractivity contribution >= 4 is 15.9 Å². The first-order valence-electron chi connectivity index (χ1n) is 4.41. The average molecular weight is 280 g/mol. The molecule has 0 aliphatic carbocycles. The lowest BCUT2D eigenvalue weighted by molar-refractivity contribution is 0.128. The van der Waals surface area contributed by atoms with E-state index in [1.165, 1.54) is 7.11 Å². The predicted octanol–water partition coefficient (Wildman–Crippen LogP) is 3.11. The Bertz CT molecular complexity index is 333. The summed E-state index contributed by atoms with van der Waals surface area (Å²) in [6, 6.07) is 4.46. The van der Waals surface area contributed by atoms with Crippen LogP contribution in [0.25, 0.3) is 0 Å². The molecule has 0 heterocycles. The van der Waals surface area contributed by atoms with E-state index in [-0.39, 0.29) is 6.42 Å². The number of alkyl halides is 2. The Hall–Kier alpha value is -0.680. The van der Waals surface area contributed by atoms with Crippen molar-refractivity contribution in [2.45, 2.75) is 18.9 Å². The fraction of sp³-hybridized carbons (Fsp3) is 0.400. The van der Waals surface area contributed by atoms with Crippen LogP contribution in [-0.4, -0.2) is 13.5 Å². The Labute approximate surface area is 95.5 Å². The number of ether oxygens (including phenoxy) is 1. The third-order valence-electron chi connectivity index (χ3n) is 2.02. The highest BCUT2D eigenvalue weighted by Gasteiger charge is 2.16. The van der Waals surface area contributed by atoms with Gasteiger partial charge in [-0.2, -0.15) is 0 Å². The summed E-state index contributed by atoms with van der Waals surface area (Å²) in [6.07, 6.45) is -2.78. The van der Waals surface area contributed by atoms with Crippen molar-refractivity contribution < 1.29 is 13.5 Å². The largest absolute Gasteiger partial charge is 0.496 e. The predicted molar refractivity (Wildman–Crippen MR) is 58.2 cm³/mol. The van der Waals surface area contributed by atoms with E-state index in [4.69, 9.17) is 10.5 Å². The number of hydrogen-bond donors (Lipinski definition) is 1. The first-order valence-corrected chi connectivity index (χ1v) is 5.21. The lowest BCUT2D eigenvalue weighted by atomic mass is 10.0. The zero-order chi connectivity index (χ0) is 11.4. The third-order valence-corrected chi connectivity index (χ3v) is 2.52. The summed E-state index contributed by atoms with van der Waals surface area (Å²) >= 11 is 3.26. The third kappa shape index (κ3) is 3.43. The molecule has 0 radical (unpaired) electrons. The molecule has 15 heavy (non-hydrogen) atoms. The highest BCUT2D eigenvalue weighted by molar-refractivity contribution is 9.10. The van der Waals surface area contributed by atoms with Gasteiger partial charge >= 0.3 is 0 Å². The molecule has 1 atom stereocenters. The molecule has 0 saturated carbocycles. The van der Waals surface area contributed by atoms with Crippen LogP contribution in [0.4, 0.5) is 8.78 Å². The maximum Gasteiger partial charge on any atom is 0.240 e. The number of halogens is 3. The molecule has 1 aromatic rings. The highest BCUT2D eigenvalue weighted by Crippen LogP contribution is 2.30. The zero-order valence-electron chi connectivity index (χ0n) is 8.21. The fourth-order valence-electron chi connectivity index (χ4n) is 1.31. The van der Waals surface area contributed by atoms with Crippen molar-refractivity contribution in [3.63, 3.8) is 0 Å². The molecule has 0 aliphatic heterocycles. The van der Waals surface area contributed by atoms with Gasteiger partial charge in [-0.25, -0.2) is 8.78 Å². The van der Waals surface area contributed by atoms with E-state index in [1.54, 1.807) is 18.2 Å². The van der Waals surface area contributed by atoms with Crippen molar-refractivity contribution in [2.24, 2.45) is 5.73 Å². The maximum atomic E-state index is 12.2. The van der Waals surface area contributed by atoms with Crippen molar-refractivity contribution in [1.82, 2.24) is 0 Å². The molecule has 0 aliphatic rings. The van der Waals surface area contributed by atoms with Crippen molar-refractivity contribution in [1.29, 1.82) is 0 Å². The number of benzene rings is 1. The van der Waals surface area contributed by atoms with Gasteiger partial charge in [-0.05, 0) is 18.2 Å². The van der Waals surface area contributed by atoms with Crippen LogP contribution in [0.3, 0.4) is 0 Å². The molecule has 0 unspecified atom stereocenters. The quantitative estimate of drug-likeness (QED) is 0.919. The molecule has 0 bridgehead atoms. The molecular weight excluding hydrogens is 268 g/mol. The van der Waals surface area contributed by atoms with Gasteiger partial charge in [0.15, 0.2) is 0 Å². The molecule has 84 valence electrons. The first kappa shape index (κ1) is 12.4. The van der Waals surface area contributed by atoms with Gasteiger partial charge in [0.05, 0.1) is 7.11 Å². The molecule has 2 N–H and O–H groups in total. The number of hydrogen-bond acceptors (Lipinski definition) is 2. The second-order valence-electron chi connectivity index (χ2n) is 3.12. The Kier molecular flexibility index (Phi) is 4.47. The molecule has 1 rings (SSSR count). The topological polar surface area (TPSA) is 35.2 Å². The molecule has 0 spiro atoms. The second-order valence-corrected chi connectivity index (χ2v) is 4.04. The minimum atomic E-state index is -2.41. The van der Waals surface area contributed by atoms with Crippen LogP contribution in [0.1, 0.15) is 18.0 Å². The van der Waals surface area contributed by atoms with E-state index in [0.717, 1.165) is 4.47 Å². The van der Waals surface area contributed by atoms with E-state index in [9.17, 15) is 8.78 Å². The fourth-order valence-corrected chi connectivity index (χ4v) is 1.69. The lowest BCUT2D eigenvalue weighted by Crippen LogP contribution is -2.15. The Balaban J connectivity index is 2.94. The van der Waals surface area contributed by atoms with Crippen LogP contribution in [-0.2, 0) is 0 Å². The number of methoxy groups -OCH3 is 1. The van der Waals surface area contributed by atoms with Gasteiger partial charge in [0.2, 0.25) is 6.43 Å². The highest BCUT2D eigenvalue weighted by atomic mass is 79.9. The van der Waals surface area contributed by atoms with E-state index in [0.29, 0.717) is 11.3 Å². The second kappa shape index (κ2) is 5.42. The summed E-state index contributed by atoms with van der Waals surface area (Å²) in [6.45, 7) is 0. The van der Waals surface area contributed by atoms with Gasteiger partial charge in [-0.1, -0.05) is 15.9 Å². The Morgan fingerprint density at radius 1 is 1.47 bits per heavy atom. The van der Waals surface area contributed by atoms with Crippen LogP contribution in [0.2, 0.25) is 0 Å². The van der Waals surface area contributed by atoms with Gasteiger partial charge in [0.25, 0.3) is 0 Å². The summed E-state index contributed by atoms with van der Waals surface area (Å²) in [5.74, 6) is 0.534. The van der Waals surface area contributed by atoms with E-state index in [1.807, 2.05) is 0 Å². The summed E-state index contributed by atoms with van der Waals surface area (Å²) in [4.78, 5) is 0. The minimum Gasteiger partial charge on any atom is -0.496 e. The maximum absolute atomic E-state index is 12.2. The number of rotatable bonds is 4. The van der Waals surface area contributed by atoms with Gasteiger partial charge in [0.1, 0.15) is 5.75 Å². The molecule has 0 fully saturated rings. The summed E-state index contributed by atoms with van der Waals surface area (Å²) in [7, 11) is 1.49. The van der Waals surface area contributed by atoms with E-state index < -0.39 is 12.5 Å². The zero-order valence-corrected chi connectivity index (χ0v) is 9.80. The lowest BCUT2D eigenvalue weighted by Gasteiger charge is -2.15. The normalized spacial score (nSPS) is 12.9. The van der Waals surface area contributed by atoms with E-state index >= 15 is 0 Å². The SMILES string of the molecule is COc1ccc(Br)cc1[C@@H](N)CC(F)F. The van der Waals surface area contributed by atoms with Crippen LogP contribution in [0.5, 0.6) is 5.75 Å². The van der Waals surface area contributed by atoms with Crippen LogP contribution >= 0.6 is 15.9 Å². The van der Waals surface area contributed by atoms with Crippen molar-refractivity contribution in [3.05, 3.63) is 28.2 Å². The van der Waals surface area contributed by atoms with Gasteiger partial charge < -0.3 is 10.5 Å². The molecule has 2 nitrogen and oxygen atoms in total. The van der Waals surface area contributed by atoms with Gasteiger partial charge in [-0.15, -0.1) is 0 Å². The summed E-state index contributed by atoms with van der Waals surface area (Å²) < 4.78 is 30.2. The number of nitrogens with two attached hydrogens (primary N) is 1. The monoisotopic (exact) mass is 279 g/mol. The summed E-state index contributed by atoms with van der Waals surface area (Å²) in [5, 5.41) is 0. The molecule has 0 aromatic heterocycles. The molecule has 0 saturated heterocycles. The molecule has 0 amide bonds. The Morgan fingerprint density at radius 2 is 2.13 bits per heavy atom. The van der Waals surface area contributed by atoms with Crippen molar-refractivity contribution in [2.75, 3.05) is 7.11 Å². The Morgan fingerprint density at radius 3 is 2.67 bits per heavy atom. The first-order chi connectivity index (χ1) is 7.04. The van der Waals surface area contributed by atoms with Crippen LogP contribution in [0.15, 0.2) is 22.7 Å². The summed E-state index contributed by atoms with van der Waals surface area (Å²) in [5.41, 5.74) is 6.25. The van der Waals surface area contributed by atoms with Gasteiger partial charge in [-0.3, -0.25) is 0 Å².